The van der Waals surface area contributed by atoms with Gasteiger partial charge in [-0.15, -0.1) is 10.2 Å². The first-order chi connectivity index (χ1) is 17.8. The second-order valence-electron chi connectivity index (χ2n) is 10.5. The molecule has 8 nitrogen and oxygen atoms in total. The molecule has 0 unspecified atom stereocenters. The zero-order valence-corrected chi connectivity index (χ0v) is 20.3. The number of aliphatic hydroxyl groups is 1. The summed E-state index contributed by atoms with van der Waals surface area (Å²) in [5, 5.41) is 17.3. The number of alkyl halides is 6. The highest BCUT2D eigenvalue weighted by Crippen LogP contribution is 2.50. The Kier molecular flexibility index (Phi) is 6.59. The first kappa shape index (κ1) is 26.7. The lowest BCUT2D eigenvalue weighted by atomic mass is 9.94. The average Bonchev–Trinajstić information content (AvgIpc) is 3.77. The Morgan fingerprint density at radius 3 is 2.29 bits per heavy atom. The molecule has 5 rings (SSSR count). The number of anilines is 1. The number of aromatic nitrogens is 3. The quantitative estimate of drug-likeness (QED) is 0.521. The fourth-order valence-corrected chi connectivity index (χ4v) is 5.21. The molecule has 4 bridgehead atoms. The van der Waals surface area contributed by atoms with E-state index in [2.05, 4.69) is 15.2 Å². The molecule has 1 atom stereocenters. The van der Waals surface area contributed by atoms with Crippen LogP contribution in [0, 0.1) is 17.8 Å². The number of amides is 1. The van der Waals surface area contributed by atoms with E-state index in [9.17, 15) is 36.2 Å². The standard InChI is InChI=1S/C24H27F6N5O3/c25-23(26,27)15-10-16(31)18-19-33-34-21(38-19)22(37,24(28,29)30)8-2-1-3-9-35(20(36)17(15)32-18)11-14(12-4-5-12)13-6-7-13/h10,12-14,37H,1-9,11,31H2/t22-/m1/s1. The van der Waals surface area contributed by atoms with Gasteiger partial charge < -0.3 is 20.2 Å². The van der Waals surface area contributed by atoms with Gasteiger partial charge in [0.05, 0.1) is 11.3 Å². The molecule has 208 valence electrons. The van der Waals surface area contributed by atoms with Gasteiger partial charge in [0.2, 0.25) is 5.60 Å². The van der Waals surface area contributed by atoms with Gasteiger partial charge in [0.25, 0.3) is 17.7 Å². The molecule has 0 aromatic carbocycles. The minimum absolute atomic E-state index is 0.0380. The third-order valence-electron chi connectivity index (χ3n) is 7.65. The van der Waals surface area contributed by atoms with E-state index < -0.39 is 64.7 Å². The number of nitrogens with zero attached hydrogens (tertiary/aromatic N) is 4. The number of carbonyl (C=O) groups is 1. The fourth-order valence-electron chi connectivity index (χ4n) is 5.21. The van der Waals surface area contributed by atoms with Gasteiger partial charge in [-0.05, 0) is 68.8 Å². The smallest absolute Gasteiger partial charge is 0.416 e. The number of carbonyl (C=O) groups excluding carboxylic acids is 1. The van der Waals surface area contributed by atoms with E-state index in [0.717, 1.165) is 25.7 Å². The number of nitrogen functional groups attached to an aromatic ring is 1. The molecule has 0 saturated heterocycles. The maximum atomic E-state index is 14.0. The SMILES string of the molecule is Nc1cc(C(F)(F)F)c2nc1-c1nnc(o1)[C@@](O)(C(F)(F)F)CCCCCN(CC(C1CC1)C1CC1)C2=O. The van der Waals surface area contributed by atoms with Gasteiger partial charge in [0.1, 0.15) is 5.69 Å². The number of hydrogen-bond acceptors (Lipinski definition) is 7. The summed E-state index contributed by atoms with van der Waals surface area (Å²) in [6, 6.07) is 0.499. The van der Waals surface area contributed by atoms with Crippen molar-refractivity contribution < 1.29 is 40.7 Å². The zero-order valence-electron chi connectivity index (χ0n) is 20.3. The third-order valence-corrected chi connectivity index (χ3v) is 7.65. The first-order valence-corrected chi connectivity index (χ1v) is 12.6. The summed E-state index contributed by atoms with van der Waals surface area (Å²) in [5.41, 5.74) is -1.17. The maximum absolute atomic E-state index is 14.0. The molecule has 3 aliphatic rings. The molecule has 38 heavy (non-hydrogen) atoms. The second-order valence-corrected chi connectivity index (χ2v) is 10.5. The summed E-state index contributed by atoms with van der Waals surface area (Å²) in [6.07, 6.45) is -6.65. The molecule has 2 aromatic rings. The number of nitrogens with two attached hydrogens (primary N) is 1. The van der Waals surface area contributed by atoms with Crippen LogP contribution in [-0.4, -0.2) is 50.4 Å². The normalized spacial score (nSPS) is 23.6. The Morgan fingerprint density at radius 1 is 1.05 bits per heavy atom. The molecule has 0 spiro atoms. The third kappa shape index (κ3) is 5.06. The predicted molar refractivity (Wildman–Crippen MR) is 120 cm³/mol. The molecule has 14 heteroatoms. The molecule has 1 aliphatic heterocycles. The topological polar surface area (TPSA) is 118 Å². The molecule has 0 radical (unpaired) electrons. The van der Waals surface area contributed by atoms with Crippen molar-refractivity contribution in [2.75, 3.05) is 18.8 Å². The number of halogens is 6. The van der Waals surface area contributed by atoms with Gasteiger partial charge in [-0.25, -0.2) is 4.98 Å². The van der Waals surface area contributed by atoms with Crippen molar-refractivity contribution in [2.45, 2.75) is 69.3 Å². The van der Waals surface area contributed by atoms with Crippen molar-refractivity contribution in [3.05, 3.63) is 23.2 Å². The highest BCUT2D eigenvalue weighted by molar-refractivity contribution is 5.95. The van der Waals surface area contributed by atoms with Crippen LogP contribution in [-0.2, 0) is 11.8 Å². The molecule has 2 aliphatic carbocycles. The summed E-state index contributed by atoms with van der Waals surface area (Å²) >= 11 is 0. The van der Waals surface area contributed by atoms with E-state index in [0.29, 0.717) is 17.9 Å². The van der Waals surface area contributed by atoms with Crippen LogP contribution < -0.4 is 5.73 Å². The molecular formula is C24H27F6N5O3. The lowest BCUT2D eigenvalue weighted by Crippen LogP contribution is -2.42. The van der Waals surface area contributed by atoms with Gasteiger partial charge >= 0.3 is 12.4 Å². The number of fused-ring (bicyclic) bond motifs is 5. The Morgan fingerprint density at radius 2 is 1.71 bits per heavy atom. The summed E-state index contributed by atoms with van der Waals surface area (Å²) in [4.78, 5) is 18.8. The molecule has 3 heterocycles. The Hall–Kier alpha value is -2.90. The Balaban J connectivity index is 1.61. The van der Waals surface area contributed by atoms with Crippen molar-refractivity contribution in [3.8, 4) is 11.6 Å². The predicted octanol–water partition coefficient (Wildman–Crippen LogP) is 4.93. The van der Waals surface area contributed by atoms with Crippen molar-refractivity contribution in [2.24, 2.45) is 17.8 Å². The largest absolute Gasteiger partial charge is 0.426 e. The van der Waals surface area contributed by atoms with Gasteiger partial charge in [0, 0.05) is 13.1 Å². The number of pyridine rings is 1. The molecular weight excluding hydrogens is 520 g/mol. The molecule has 2 fully saturated rings. The lowest BCUT2D eigenvalue weighted by molar-refractivity contribution is -0.277. The lowest BCUT2D eigenvalue weighted by Gasteiger charge is -2.29. The van der Waals surface area contributed by atoms with Gasteiger partial charge in [-0.3, -0.25) is 4.79 Å². The van der Waals surface area contributed by atoms with Crippen molar-refractivity contribution in [3.63, 3.8) is 0 Å². The highest BCUT2D eigenvalue weighted by atomic mass is 19.4. The van der Waals surface area contributed by atoms with Crippen molar-refractivity contribution in [1.29, 1.82) is 0 Å². The van der Waals surface area contributed by atoms with E-state index >= 15 is 0 Å². The summed E-state index contributed by atoms with van der Waals surface area (Å²) < 4.78 is 88.7. The second kappa shape index (κ2) is 9.38. The van der Waals surface area contributed by atoms with Gasteiger partial charge in [0.15, 0.2) is 5.69 Å². The number of rotatable bonds is 4. The molecule has 2 saturated carbocycles. The summed E-state index contributed by atoms with van der Waals surface area (Å²) in [7, 11) is 0. The zero-order chi connectivity index (χ0) is 27.5. The van der Waals surface area contributed by atoms with Crippen LogP contribution in [0.2, 0.25) is 0 Å². The van der Waals surface area contributed by atoms with E-state index in [1.807, 2.05) is 0 Å². The van der Waals surface area contributed by atoms with E-state index in [4.69, 9.17) is 10.2 Å². The minimum Gasteiger partial charge on any atom is -0.416 e. The first-order valence-electron chi connectivity index (χ1n) is 12.6. The van der Waals surface area contributed by atoms with Crippen LogP contribution in [0.3, 0.4) is 0 Å². The highest BCUT2D eigenvalue weighted by Gasteiger charge is 2.58. The monoisotopic (exact) mass is 547 g/mol. The Bertz CT molecular complexity index is 1200. The fraction of sp³-hybridized carbons (Fsp3) is 0.667. The van der Waals surface area contributed by atoms with E-state index in [-0.39, 0.29) is 38.3 Å². The van der Waals surface area contributed by atoms with Gasteiger partial charge in [-0.2, -0.15) is 26.3 Å². The van der Waals surface area contributed by atoms with E-state index in [1.54, 1.807) is 0 Å². The van der Waals surface area contributed by atoms with Crippen LogP contribution in [0.5, 0.6) is 0 Å². The van der Waals surface area contributed by atoms with Crippen LogP contribution in [0.1, 0.15) is 73.3 Å². The summed E-state index contributed by atoms with van der Waals surface area (Å²) in [6.45, 7) is 0.278. The Labute approximate surface area is 213 Å². The van der Waals surface area contributed by atoms with Crippen LogP contribution in [0.15, 0.2) is 10.5 Å². The van der Waals surface area contributed by atoms with E-state index in [1.165, 1.54) is 4.90 Å². The maximum Gasteiger partial charge on any atom is 0.426 e. The van der Waals surface area contributed by atoms with Crippen LogP contribution in [0.25, 0.3) is 11.6 Å². The van der Waals surface area contributed by atoms with Crippen molar-refractivity contribution in [1.82, 2.24) is 20.1 Å². The summed E-state index contributed by atoms with van der Waals surface area (Å²) in [5.74, 6) is -1.90. The van der Waals surface area contributed by atoms with Crippen molar-refractivity contribution >= 4 is 11.6 Å². The average molecular weight is 548 g/mol. The molecule has 3 N–H and O–H groups in total. The molecule has 1 amide bonds. The van der Waals surface area contributed by atoms with Gasteiger partial charge in [-0.1, -0.05) is 6.42 Å². The van der Waals surface area contributed by atoms with Crippen LogP contribution in [0.4, 0.5) is 32.0 Å². The van der Waals surface area contributed by atoms with Crippen LogP contribution >= 0.6 is 0 Å². The number of hydrogen-bond donors (Lipinski definition) is 2. The molecule has 2 aromatic heterocycles. The minimum atomic E-state index is -5.16.